The largest absolute Gasteiger partial charge is 0.497 e. The third kappa shape index (κ3) is 2.25. The fraction of sp³-hybridized carbons (Fsp3) is 0.312. The number of fused-ring (bicyclic) bond motifs is 2. The van der Waals surface area contributed by atoms with Crippen molar-refractivity contribution in [2.45, 2.75) is 19.3 Å². The normalized spacial score (nSPS) is 13.1. The van der Waals surface area contributed by atoms with Crippen molar-refractivity contribution in [3.05, 3.63) is 35.8 Å². The summed E-state index contributed by atoms with van der Waals surface area (Å²) < 4.78 is 12.5. The Hall–Kier alpha value is -2.83. The maximum Gasteiger partial charge on any atom is 0.254 e. The van der Waals surface area contributed by atoms with Crippen molar-refractivity contribution in [1.82, 2.24) is 19.6 Å². The highest BCUT2D eigenvalue weighted by atomic mass is 16.5. The van der Waals surface area contributed by atoms with E-state index in [1.54, 1.807) is 18.7 Å². The molecule has 0 bridgehead atoms. The molecule has 1 aliphatic carbocycles. The lowest BCUT2D eigenvalue weighted by atomic mass is 10.2. The Labute approximate surface area is 133 Å². The van der Waals surface area contributed by atoms with Gasteiger partial charge in [-0.05, 0) is 31.4 Å². The number of aryl methyl sites for hydroxylation is 1. The highest BCUT2D eigenvalue weighted by molar-refractivity contribution is 5.70. The third-order valence-electron chi connectivity index (χ3n) is 4.11. The molecule has 0 amide bonds. The van der Waals surface area contributed by atoms with E-state index in [1.165, 1.54) is 11.9 Å². The van der Waals surface area contributed by atoms with Gasteiger partial charge >= 0.3 is 0 Å². The van der Waals surface area contributed by atoms with Gasteiger partial charge in [-0.1, -0.05) is 0 Å². The van der Waals surface area contributed by atoms with Crippen molar-refractivity contribution in [3.8, 4) is 11.5 Å². The van der Waals surface area contributed by atoms with Gasteiger partial charge in [0.25, 0.3) is 5.78 Å². The van der Waals surface area contributed by atoms with Gasteiger partial charge in [-0.25, -0.2) is 4.98 Å². The number of nitrogens with one attached hydrogen (secondary N) is 1. The van der Waals surface area contributed by atoms with Crippen molar-refractivity contribution in [2.24, 2.45) is 0 Å². The predicted octanol–water partition coefficient (Wildman–Crippen LogP) is 2.37. The zero-order valence-electron chi connectivity index (χ0n) is 13.0. The van der Waals surface area contributed by atoms with Gasteiger partial charge in [0.05, 0.1) is 25.6 Å². The average molecular weight is 311 g/mol. The van der Waals surface area contributed by atoms with Gasteiger partial charge in [-0.3, -0.25) is 0 Å². The smallest absolute Gasteiger partial charge is 0.254 e. The minimum absolute atomic E-state index is 0.606. The molecule has 3 aromatic rings. The number of aromatic nitrogens is 4. The van der Waals surface area contributed by atoms with Gasteiger partial charge in [0.15, 0.2) is 0 Å². The standard InChI is InChI=1S/C16H17N5O2/c1-22-10-6-7-14(23-2)13(8-10)19-15-11-4-3-5-12(11)20-16-17-9-18-21(15)16/h6-9,19H,3-5H2,1-2H3. The zero-order valence-corrected chi connectivity index (χ0v) is 13.0. The summed E-state index contributed by atoms with van der Waals surface area (Å²) in [7, 11) is 3.29. The third-order valence-corrected chi connectivity index (χ3v) is 4.11. The first-order valence-electron chi connectivity index (χ1n) is 7.50. The average Bonchev–Trinajstić information content (AvgIpc) is 3.23. The Bertz CT molecular complexity index is 874. The highest BCUT2D eigenvalue weighted by Crippen LogP contribution is 2.35. The van der Waals surface area contributed by atoms with E-state index in [-0.39, 0.29) is 0 Å². The molecule has 23 heavy (non-hydrogen) atoms. The Balaban J connectivity index is 1.86. The number of hydrogen-bond donors (Lipinski definition) is 1. The topological polar surface area (TPSA) is 73.6 Å². The van der Waals surface area contributed by atoms with Crippen LogP contribution in [0.3, 0.4) is 0 Å². The van der Waals surface area contributed by atoms with Crippen LogP contribution in [0.25, 0.3) is 5.78 Å². The van der Waals surface area contributed by atoms with Crippen LogP contribution in [0.2, 0.25) is 0 Å². The van der Waals surface area contributed by atoms with Gasteiger partial charge in [-0.15, -0.1) is 0 Å². The molecule has 0 radical (unpaired) electrons. The summed E-state index contributed by atoms with van der Waals surface area (Å²) in [5.74, 6) is 3.00. The van der Waals surface area contributed by atoms with Crippen molar-refractivity contribution in [1.29, 1.82) is 0 Å². The molecule has 0 unspecified atom stereocenters. The number of benzene rings is 1. The van der Waals surface area contributed by atoms with E-state index in [2.05, 4.69) is 20.4 Å². The quantitative estimate of drug-likeness (QED) is 0.797. The second-order valence-corrected chi connectivity index (χ2v) is 5.40. The number of hydrogen-bond acceptors (Lipinski definition) is 6. The van der Waals surface area contributed by atoms with Gasteiger partial charge in [0.2, 0.25) is 0 Å². The monoisotopic (exact) mass is 311 g/mol. The van der Waals surface area contributed by atoms with E-state index in [0.717, 1.165) is 48.0 Å². The Morgan fingerprint density at radius 2 is 2.09 bits per heavy atom. The lowest BCUT2D eigenvalue weighted by molar-refractivity contribution is 0.405. The fourth-order valence-corrected chi connectivity index (χ4v) is 2.99. The first-order valence-corrected chi connectivity index (χ1v) is 7.50. The molecule has 7 nitrogen and oxygen atoms in total. The lowest BCUT2D eigenvalue weighted by Crippen LogP contribution is -2.07. The molecule has 118 valence electrons. The van der Waals surface area contributed by atoms with Crippen LogP contribution in [0.1, 0.15) is 17.7 Å². The van der Waals surface area contributed by atoms with Crippen LogP contribution in [0.4, 0.5) is 11.5 Å². The number of anilines is 2. The molecule has 0 atom stereocenters. The number of methoxy groups -OCH3 is 2. The fourth-order valence-electron chi connectivity index (χ4n) is 2.99. The first kappa shape index (κ1) is 13.8. The maximum absolute atomic E-state index is 5.45. The summed E-state index contributed by atoms with van der Waals surface area (Å²) in [6.07, 6.45) is 4.57. The SMILES string of the molecule is COc1ccc(OC)c(Nc2c3c(nc4ncnn24)CCC3)c1. The summed E-state index contributed by atoms with van der Waals surface area (Å²) >= 11 is 0. The van der Waals surface area contributed by atoms with Crippen molar-refractivity contribution >= 4 is 17.3 Å². The molecule has 7 heteroatoms. The van der Waals surface area contributed by atoms with Gasteiger partial charge in [-0.2, -0.15) is 14.6 Å². The lowest BCUT2D eigenvalue weighted by Gasteiger charge is -2.15. The molecule has 1 aromatic carbocycles. The molecule has 0 spiro atoms. The Kier molecular flexibility index (Phi) is 3.25. The minimum Gasteiger partial charge on any atom is -0.497 e. The number of nitrogens with zero attached hydrogens (tertiary/aromatic N) is 4. The maximum atomic E-state index is 5.45. The minimum atomic E-state index is 0.606. The molecule has 1 N–H and O–H groups in total. The Morgan fingerprint density at radius 1 is 1.17 bits per heavy atom. The second-order valence-electron chi connectivity index (χ2n) is 5.40. The van der Waals surface area contributed by atoms with E-state index < -0.39 is 0 Å². The van der Waals surface area contributed by atoms with Crippen LogP contribution in [0.5, 0.6) is 11.5 Å². The Morgan fingerprint density at radius 3 is 2.91 bits per heavy atom. The first-order chi connectivity index (χ1) is 11.3. The molecule has 1 aliphatic rings. The molecule has 0 saturated carbocycles. The summed E-state index contributed by atoms with van der Waals surface area (Å²) in [6.45, 7) is 0. The van der Waals surface area contributed by atoms with E-state index >= 15 is 0 Å². The molecule has 0 fully saturated rings. The van der Waals surface area contributed by atoms with Crippen LogP contribution in [-0.4, -0.2) is 33.8 Å². The van der Waals surface area contributed by atoms with E-state index in [0.29, 0.717) is 5.78 Å². The zero-order chi connectivity index (χ0) is 15.8. The van der Waals surface area contributed by atoms with E-state index in [4.69, 9.17) is 9.47 Å². The number of ether oxygens (including phenoxy) is 2. The molecule has 0 saturated heterocycles. The van der Waals surface area contributed by atoms with Crippen molar-refractivity contribution in [2.75, 3.05) is 19.5 Å². The second kappa shape index (κ2) is 5.42. The van der Waals surface area contributed by atoms with Crippen molar-refractivity contribution in [3.63, 3.8) is 0 Å². The summed E-state index contributed by atoms with van der Waals surface area (Å²) in [6, 6.07) is 5.65. The van der Waals surface area contributed by atoms with Gasteiger partial charge in [0.1, 0.15) is 23.6 Å². The van der Waals surface area contributed by atoms with Crippen molar-refractivity contribution < 1.29 is 9.47 Å². The summed E-state index contributed by atoms with van der Waals surface area (Å²) in [4.78, 5) is 8.81. The van der Waals surface area contributed by atoms with Crippen LogP contribution in [-0.2, 0) is 12.8 Å². The van der Waals surface area contributed by atoms with E-state index in [9.17, 15) is 0 Å². The van der Waals surface area contributed by atoms with Crippen LogP contribution in [0.15, 0.2) is 24.5 Å². The number of rotatable bonds is 4. The predicted molar refractivity (Wildman–Crippen MR) is 85.6 cm³/mol. The molecule has 2 aromatic heterocycles. The molecular formula is C16H17N5O2. The summed E-state index contributed by atoms with van der Waals surface area (Å²) in [5.41, 5.74) is 3.10. The highest BCUT2D eigenvalue weighted by Gasteiger charge is 2.22. The molecular weight excluding hydrogens is 294 g/mol. The van der Waals surface area contributed by atoms with Crippen LogP contribution in [0, 0.1) is 0 Å². The van der Waals surface area contributed by atoms with Crippen LogP contribution < -0.4 is 14.8 Å². The molecule has 2 heterocycles. The van der Waals surface area contributed by atoms with Gasteiger partial charge < -0.3 is 14.8 Å². The van der Waals surface area contributed by atoms with Crippen LogP contribution >= 0.6 is 0 Å². The summed E-state index contributed by atoms with van der Waals surface area (Å²) in [5, 5.41) is 7.74. The molecule has 0 aliphatic heterocycles. The van der Waals surface area contributed by atoms with Gasteiger partial charge in [0, 0.05) is 11.6 Å². The molecule has 4 rings (SSSR count). The van der Waals surface area contributed by atoms with E-state index in [1.807, 2.05) is 18.2 Å².